The molecule has 1 aromatic heterocycles. The van der Waals surface area contributed by atoms with Gasteiger partial charge in [0.1, 0.15) is 11.6 Å². The summed E-state index contributed by atoms with van der Waals surface area (Å²) < 4.78 is 18.3. The van der Waals surface area contributed by atoms with Crippen molar-refractivity contribution in [2.75, 3.05) is 13.2 Å². The second kappa shape index (κ2) is 10.2. The van der Waals surface area contributed by atoms with Crippen molar-refractivity contribution >= 4 is 29.1 Å². The number of amides is 3. The summed E-state index contributed by atoms with van der Waals surface area (Å²) in [5, 5.41) is 2.39. The Kier molecular flexibility index (Phi) is 7.12. The molecule has 0 atom stereocenters. The van der Waals surface area contributed by atoms with Crippen molar-refractivity contribution in [3.05, 3.63) is 77.4 Å². The van der Waals surface area contributed by atoms with E-state index in [9.17, 15) is 18.8 Å². The summed E-state index contributed by atoms with van der Waals surface area (Å²) in [4.78, 5) is 36.8. The molecule has 3 N–H and O–H groups in total. The number of halogens is 1. The molecule has 1 heterocycles. The van der Waals surface area contributed by atoms with E-state index in [-0.39, 0.29) is 19.0 Å². The molecule has 3 aromatic rings. The number of carbonyl (C=O) groups is 3. The molecule has 0 bridgehead atoms. The fourth-order valence-corrected chi connectivity index (χ4v) is 3.26. The number of hydrazine groups is 1. The number of benzene rings is 2. The van der Waals surface area contributed by atoms with Gasteiger partial charge < -0.3 is 10.1 Å². The molecule has 30 heavy (non-hydrogen) atoms. The molecule has 0 aliphatic carbocycles. The van der Waals surface area contributed by atoms with Gasteiger partial charge in [0.05, 0.1) is 11.4 Å². The van der Waals surface area contributed by atoms with Crippen LogP contribution in [0.15, 0.2) is 66.7 Å². The molecular weight excluding hydrogens is 409 g/mol. The lowest BCUT2D eigenvalue weighted by atomic mass is 10.2. The molecule has 0 fully saturated rings. The third-order valence-corrected chi connectivity index (χ3v) is 4.97. The third-order valence-electron chi connectivity index (χ3n) is 3.83. The first-order valence-electron chi connectivity index (χ1n) is 8.91. The molecule has 3 rings (SSSR count). The fourth-order valence-electron chi connectivity index (χ4n) is 2.36. The van der Waals surface area contributed by atoms with Gasteiger partial charge in [0.2, 0.25) is 0 Å². The summed E-state index contributed by atoms with van der Waals surface area (Å²) in [6.45, 7) is -0.548. The van der Waals surface area contributed by atoms with Gasteiger partial charge in [-0.25, -0.2) is 4.39 Å². The minimum atomic E-state index is -0.591. The molecule has 3 amide bonds. The molecule has 9 heteroatoms. The average Bonchev–Trinajstić information content (AvgIpc) is 3.26. The zero-order chi connectivity index (χ0) is 21.3. The number of hydrogen-bond acceptors (Lipinski definition) is 5. The predicted octanol–water partition coefficient (Wildman–Crippen LogP) is 2.51. The lowest BCUT2D eigenvalue weighted by Crippen LogP contribution is -2.46. The zero-order valence-electron chi connectivity index (χ0n) is 15.7. The number of hydrogen-bond donors (Lipinski definition) is 3. The first-order valence-corrected chi connectivity index (χ1v) is 9.72. The molecule has 0 saturated heterocycles. The van der Waals surface area contributed by atoms with Crippen LogP contribution in [0.3, 0.4) is 0 Å². The standard InChI is InChI=1S/C21H18FN3O4S/c22-15-8-6-14(7-9-15)17-10-11-18(30-17)21(28)25-24-19(26)12-23-20(27)13-29-16-4-2-1-3-5-16/h1-11H,12-13H2,(H,23,27)(H,24,26)(H,25,28). The van der Waals surface area contributed by atoms with Gasteiger partial charge in [0, 0.05) is 4.88 Å². The van der Waals surface area contributed by atoms with Gasteiger partial charge in [-0.1, -0.05) is 30.3 Å². The first-order chi connectivity index (χ1) is 14.5. The number of thiophene rings is 1. The summed E-state index contributed by atoms with van der Waals surface area (Å²) in [5.41, 5.74) is 5.30. The smallest absolute Gasteiger partial charge is 0.279 e. The van der Waals surface area contributed by atoms with Crippen LogP contribution in [0.25, 0.3) is 10.4 Å². The summed E-state index contributed by atoms with van der Waals surface area (Å²) in [6.07, 6.45) is 0. The lowest BCUT2D eigenvalue weighted by molar-refractivity contribution is -0.127. The number of rotatable bonds is 7. The highest BCUT2D eigenvalue weighted by molar-refractivity contribution is 7.17. The van der Waals surface area contributed by atoms with E-state index in [2.05, 4.69) is 16.2 Å². The second-order valence-corrected chi connectivity index (χ2v) is 7.14. The Hall–Kier alpha value is -3.72. The Labute approximate surface area is 175 Å². The largest absolute Gasteiger partial charge is 0.484 e. The number of nitrogens with one attached hydrogen (secondary N) is 3. The quantitative estimate of drug-likeness (QED) is 0.505. The molecule has 2 aromatic carbocycles. The zero-order valence-corrected chi connectivity index (χ0v) is 16.5. The third kappa shape index (κ3) is 6.14. The van der Waals surface area contributed by atoms with Crippen LogP contribution in [-0.4, -0.2) is 30.9 Å². The van der Waals surface area contributed by atoms with Gasteiger partial charge in [-0.05, 0) is 42.0 Å². The van der Waals surface area contributed by atoms with Crippen LogP contribution in [-0.2, 0) is 9.59 Å². The fraction of sp³-hybridized carbons (Fsp3) is 0.0952. The monoisotopic (exact) mass is 427 g/mol. The summed E-state index contributed by atoms with van der Waals surface area (Å²) in [6, 6.07) is 18.1. The maximum absolute atomic E-state index is 13.0. The average molecular weight is 427 g/mol. The van der Waals surface area contributed by atoms with E-state index in [1.165, 1.54) is 23.5 Å². The second-order valence-electron chi connectivity index (χ2n) is 6.05. The van der Waals surface area contributed by atoms with Gasteiger partial charge in [-0.2, -0.15) is 0 Å². The molecule has 0 radical (unpaired) electrons. The minimum absolute atomic E-state index is 0.231. The van der Waals surface area contributed by atoms with E-state index in [0.29, 0.717) is 10.6 Å². The van der Waals surface area contributed by atoms with E-state index in [1.54, 1.807) is 48.5 Å². The van der Waals surface area contributed by atoms with Crippen LogP contribution in [0.1, 0.15) is 9.67 Å². The van der Waals surface area contributed by atoms with Crippen molar-refractivity contribution in [3.8, 4) is 16.2 Å². The summed E-state index contributed by atoms with van der Waals surface area (Å²) in [7, 11) is 0. The van der Waals surface area contributed by atoms with E-state index in [1.807, 2.05) is 6.07 Å². The molecular formula is C21H18FN3O4S. The van der Waals surface area contributed by atoms with Crippen molar-refractivity contribution in [2.24, 2.45) is 0 Å². The van der Waals surface area contributed by atoms with Gasteiger partial charge in [0.25, 0.3) is 17.7 Å². The van der Waals surface area contributed by atoms with Crippen molar-refractivity contribution in [1.29, 1.82) is 0 Å². The van der Waals surface area contributed by atoms with Crippen LogP contribution >= 0.6 is 11.3 Å². The summed E-state index contributed by atoms with van der Waals surface area (Å²) in [5.74, 6) is -1.36. The summed E-state index contributed by atoms with van der Waals surface area (Å²) >= 11 is 1.20. The van der Waals surface area contributed by atoms with Crippen LogP contribution in [0.4, 0.5) is 4.39 Å². The number of ether oxygens (including phenoxy) is 1. The van der Waals surface area contributed by atoms with Crippen LogP contribution < -0.4 is 20.9 Å². The van der Waals surface area contributed by atoms with E-state index in [0.717, 1.165) is 10.4 Å². The van der Waals surface area contributed by atoms with Crippen LogP contribution in [0.5, 0.6) is 5.75 Å². The van der Waals surface area contributed by atoms with Crippen molar-refractivity contribution < 1.29 is 23.5 Å². The SMILES string of the molecule is O=C(COc1ccccc1)NCC(=O)NNC(=O)c1ccc(-c2ccc(F)cc2)s1. The number of para-hydroxylation sites is 1. The van der Waals surface area contributed by atoms with E-state index in [4.69, 9.17) is 4.74 Å². The van der Waals surface area contributed by atoms with Gasteiger partial charge in [0.15, 0.2) is 6.61 Å². The van der Waals surface area contributed by atoms with Crippen molar-refractivity contribution in [2.45, 2.75) is 0 Å². The predicted molar refractivity (Wildman–Crippen MR) is 110 cm³/mol. The van der Waals surface area contributed by atoms with Gasteiger partial charge in [-0.15, -0.1) is 11.3 Å². The molecule has 0 aliphatic rings. The highest BCUT2D eigenvalue weighted by Crippen LogP contribution is 2.28. The maximum Gasteiger partial charge on any atom is 0.279 e. The Morgan fingerprint density at radius 2 is 1.60 bits per heavy atom. The van der Waals surface area contributed by atoms with Crippen LogP contribution in [0, 0.1) is 5.82 Å². The highest BCUT2D eigenvalue weighted by Gasteiger charge is 2.12. The van der Waals surface area contributed by atoms with E-state index >= 15 is 0 Å². The molecule has 0 spiro atoms. The van der Waals surface area contributed by atoms with Crippen LogP contribution in [0.2, 0.25) is 0 Å². The van der Waals surface area contributed by atoms with Gasteiger partial charge >= 0.3 is 0 Å². The molecule has 0 saturated carbocycles. The Bertz CT molecular complexity index is 1020. The van der Waals surface area contributed by atoms with Gasteiger partial charge in [-0.3, -0.25) is 25.2 Å². The minimum Gasteiger partial charge on any atom is -0.484 e. The highest BCUT2D eigenvalue weighted by atomic mass is 32.1. The molecule has 7 nitrogen and oxygen atoms in total. The Morgan fingerprint density at radius 3 is 2.33 bits per heavy atom. The Balaban J connectivity index is 1.39. The van der Waals surface area contributed by atoms with E-state index < -0.39 is 17.7 Å². The molecule has 0 unspecified atom stereocenters. The number of carbonyl (C=O) groups excluding carboxylic acids is 3. The topological polar surface area (TPSA) is 96.5 Å². The molecule has 154 valence electrons. The Morgan fingerprint density at radius 1 is 0.867 bits per heavy atom. The van der Waals surface area contributed by atoms with Crippen molar-refractivity contribution in [3.63, 3.8) is 0 Å². The van der Waals surface area contributed by atoms with Crippen molar-refractivity contribution in [1.82, 2.24) is 16.2 Å². The maximum atomic E-state index is 13.0. The lowest BCUT2D eigenvalue weighted by Gasteiger charge is -2.08. The molecule has 0 aliphatic heterocycles. The first kappa shape index (κ1) is 21.0. The normalized spacial score (nSPS) is 10.2.